The molecule has 1 aliphatic heterocycles. The van der Waals surface area contributed by atoms with Crippen LogP contribution in [-0.2, 0) is 9.47 Å². The average Bonchev–Trinajstić information content (AvgIpc) is 2.57. The van der Waals surface area contributed by atoms with Gasteiger partial charge in [0, 0.05) is 5.56 Å². The number of carbonyl (C=O) groups is 1. The zero-order valence-electron chi connectivity index (χ0n) is 11.5. The Bertz CT molecular complexity index is 586. The van der Waals surface area contributed by atoms with E-state index in [1.807, 2.05) is 30.3 Å². The van der Waals surface area contributed by atoms with Gasteiger partial charge in [0.15, 0.2) is 5.78 Å². The van der Waals surface area contributed by atoms with Crippen molar-refractivity contribution in [2.45, 2.75) is 6.10 Å². The van der Waals surface area contributed by atoms with Crippen molar-refractivity contribution in [3.63, 3.8) is 0 Å². The van der Waals surface area contributed by atoms with Crippen LogP contribution in [-0.4, -0.2) is 31.7 Å². The minimum absolute atomic E-state index is 0.0547. The van der Waals surface area contributed by atoms with Crippen LogP contribution in [0.5, 0.6) is 11.5 Å². The third-order valence-electron chi connectivity index (χ3n) is 3.23. The summed E-state index contributed by atoms with van der Waals surface area (Å²) in [5, 5.41) is 0. The first-order valence-corrected chi connectivity index (χ1v) is 6.89. The van der Waals surface area contributed by atoms with Gasteiger partial charge in [0.1, 0.15) is 17.6 Å². The van der Waals surface area contributed by atoms with Crippen LogP contribution in [0.25, 0.3) is 0 Å². The van der Waals surface area contributed by atoms with E-state index in [4.69, 9.17) is 14.2 Å². The first kappa shape index (κ1) is 13.8. The van der Waals surface area contributed by atoms with Crippen molar-refractivity contribution < 1.29 is 19.0 Å². The van der Waals surface area contributed by atoms with E-state index in [2.05, 4.69) is 0 Å². The lowest BCUT2D eigenvalue weighted by molar-refractivity contribution is -0.0719. The predicted molar refractivity (Wildman–Crippen MR) is 77.8 cm³/mol. The van der Waals surface area contributed by atoms with Crippen molar-refractivity contribution in [3.05, 3.63) is 60.2 Å². The number of carbonyl (C=O) groups excluding carboxylic acids is 1. The summed E-state index contributed by atoms with van der Waals surface area (Å²) in [7, 11) is 0. The van der Waals surface area contributed by atoms with Gasteiger partial charge in [-0.3, -0.25) is 4.79 Å². The molecule has 0 radical (unpaired) electrons. The highest BCUT2D eigenvalue weighted by atomic mass is 16.6. The Kier molecular flexibility index (Phi) is 4.28. The zero-order chi connectivity index (χ0) is 14.5. The molecule has 4 nitrogen and oxygen atoms in total. The molecule has 0 amide bonds. The standard InChI is InChI=1S/C17H16O4/c18-17(16-12-19-10-11-20-16)13-6-8-15(9-7-13)21-14-4-2-1-3-5-14/h1-9,16H,10-12H2. The number of hydrogen-bond donors (Lipinski definition) is 0. The average molecular weight is 284 g/mol. The summed E-state index contributed by atoms with van der Waals surface area (Å²) in [5.74, 6) is 1.40. The predicted octanol–water partition coefficient (Wildman–Crippen LogP) is 3.08. The largest absolute Gasteiger partial charge is 0.457 e. The number of benzene rings is 2. The second-order valence-electron chi connectivity index (χ2n) is 4.74. The maximum Gasteiger partial charge on any atom is 0.193 e. The molecule has 0 aliphatic carbocycles. The van der Waals surface area contributed by atoms with Crippen molar-refractivity contribution >= 4 is 5.78 Å². The summed E-state index contributed by atoms with van der Waals surface area (Å²) < 4.78 is 16.4. The van der Waals surface area contributed by atoms with Crippen molar-refractivity contribution in [2.24, 2.45) is 0 Å². The molecule has 3 rings (SSSR count). The van der Waals surface area contributed by atoms with Crippen LogP contribution in [0, 0.1) is 0 Å². The molecule has 1 saturated heterocycles. The molecule has 1 unspecified atom stereocenters. The highest BCUT2D eigenvalue weighted by molar-refractivity contribution is 5.99. The summed E-state index contributed by atoms with van der Waals surface area (Å²) in [6.07, 6.45) is -0.500. The highest BCUT2D eigenvalue weighted by Gasteiger charge is 2.23. The Morgan fingerprint density at radius 2 is 1.67 bits per heavy atom. The third kappa shape index (κ3) is 3.48. The van der Waals surface area contributed by atoms with E-state index in [9.17, 15) is 4.79 Å². The minimum Gasteiger partial charge on any atom is -0.457 e. The van der Waals surface area contributed by atoms with Gasteiger partial charge in [0.2, 0.25) is 0 Å². The molecule has 108 valence electrons. The maximum atomic E-state index is 12.2. The Morgan fingerprint density at radius 3 is 2.33 bits per heavy atom. The van der Waals surface area contributed by atoms with E-state index in [1.165, 1.54) is 0 Å². The van der Waals surface area contributed by atoms with E-state index in [0.717, 1.165) is 5.75 Å². The van der Waals surface area contributed by atoms with Gasteiger partial charge in [0.05, 0.1) is 19.8 Å². The molecule has 4 heteroatoms. The smallest absolute Gasteiger partial charge is 0.193 e. The fraction of sp³-hybridized carbons (Fsp3) is 0.235. The van der Waals surface area contributed by atoms with Crippen LogP contribution < -0.4 is 4.74 Å². The van der Waals surface area contributed by atoms with Crippen LogP contribution in [0.4, 0.5) is 0 Å². The number of ketones is 1. The summed E-state index contributed by atoms with van der Waals surface area (Å²) in [6, 6.07) is 16.6. The maximum absolute atomic E-state index is 12.2. The Hall–Kier alpha value is -2.17. The fourth-order valence-electron chi connectivity index (χ4n) is 2.14. The number of hydrogen-bond acceptors (Lipinski definition) is 4. The SMILES string of the molecule is O=C(c1ccc(Oc2ccccc2)cc1)C1COCCO1. The van der Waals surface area contributed by atoms with Gasteiger partial charge in [-0.15, -0.1) is 0 Å². The molecule has 1 heterocycles. The van der Waals surface area contributed by atoms with Crippen molar-refractivity contribution in [2.75, 3.05) is 19.8 Å². The van der Waals surface area contributed by atoms with Crippen molar-refractivity contribution in [1.82, 2.24) is 0 Å². The molecule has 0 bridgehead atoms. The summed E-state index contributed by atoms with van der Waals surface area (Å²) in [5.41, 5.74) is 0.603. The second-order valence-corrected chi connectivity index (χ2v) is 4.74. The molecule has 2 aromatic rings. The lowest BCUT2D eigenvalue weighted by Crippen LogP contribution is -2.35. The third-order valence-corrected chi connectivity index (χ3v) is 3.23. The van der Waals surface area contributed by atoms with Crippen molar-refractivity contribution in [1.29, 1.82) is 0 Å². The first-order chi connectivity index (χ1) is 10.3. The molecular weight excluding hydrogens is 268 g/mol. The van der Waals surface area contributed by atoms with Crippen LogP contribution in [0.3, 0.4) is 0 Å². The number of Topliss-reactive ketones (excluding diaryl/α,β-unsaturated/α-hetero) is 1. The van der Waals surface area contributed by atoms with Crippen molar-refractivity contribution in [3.8, 4) is 11.5 Å². The number of rotatable bonds is 4. The van der Waals surface area contributed by atoms with Gasteiger partial charge in [0.25, 0.3) is 0 Å². The molecule has 21 heavy (non-hydrogen) atoms. The lowest BCUT2D eigenvalue weighted by atomic mass is 10.1. The summed E-state index contributed by atoms with van der Waals surface area (Å²) in [4.78, 5) is 12.2. The van der Waals surface area contributed by atoms with Gasteiger partial charge >= 0.3 is 0 Å². The van der Waals surface area contributed by atoms with Gasteiger partial charge in [-0.2, -0.15) is 0 Å². The Labute approximate surface area is 123 Å². The normalized spacial score (nSPS) is 18.2. The van der Waals surface area contributed by atoms with Crippen LogP contribution in [0.15, 0.2) is 54.6 Å². The molecule has 0 spiro atoms. The molecular formula is C17H16O4. The van der Waals surface area contributed by atoms with E-state index in [0.29, 0.717) is 31.1 Å². The molecule has 1 fully saturated rings. The Balaban J connectivity index is 1.67. The first-order valence-electron chi connectivity index (χ1n) is 6.89. The topological polar surface area (TPSA) is 44.8 Å². The highest BCUT2D eigenvalue weighted by Crippen LogP contribution is 2.22. The van der Waals surface area contributed by atoms with E-state index < -0.39 is 6.10 Å². The van der Waals surface area contributed by atoms with E-state index in [-0.39, 0.29) is 5.78 Å². The van der Waals surface area contributed by atoms with Crippen LogP contribution in [0.1, 0.15) is 10.4 Å². The minimum atomic E-state index is -0.500. The van der Waals surface area contributed by atoms with Crippen LogP contribution in [0.2, 0.25) is 0 Å². The van der Waals surface area contributed by atoms with Gasteiger partial charge in [-0.05, 0) is 36.4 Å². The van der Waals surface area contributed by atoms with E-state index in [1.54, 1.807) is 24.3 Å². The fourth-order valence-corrected chi connectivity index (χ4v) is 2.14. The monoisotopic (exact) mass is 284 g/mol. The number of ether oxygens (including phenoxy) is 3. The summed E-state index contributed by atoms with van der Waals surface area (Å²) >= 11 is 0. The van der Waals surface area contributed by atoms with Gasteiger partial charge in [-0.1, -0.05) is 18.2 Å². The molecule has 1 atom stereocenters. The lowest BCUT2D eigenvalue weighted by Gasteiger charge is -2.21. The Morgan fingerprint density at radius 1 is 0.952 bits per heavy atom. The molecule has 0 N–H and O–H groups in total. The zero-order valence-corrected chi connectivity index (χ0v) is 11.5. The quantitative estimate of drug-likeness (QED) is 0.809. The molecule has 2 aromatic carbocycles. The van der Waals surface area contributed by atoms with Crippen LogP contribution >= 0.6 is 0 Å². The summed E-state index contributed by atoms with van der Waals surface area (Å²) in [6.45, 7) is 1.33. The van der Waals surface area contributed by atoms with Gasteiger partial charge in [-0.25, -0.2) is 0 Å². The number of para-hydroxylation sites is 1. The van der Waals surface area contributed by atoms with E-state index >= 15 is 0 Å². The molecule has 1 aliphatic rings. The molecule has 0 saturated carbocycles. The molecule has 0 aromatic heterocycles. The second kappa shape index (κ2) is 6.52. The van der Waals surface area contributed by atoms with Gasteiger partial charge < -0.3 is 14.2 Å².